The highest BCUT2D eigenvalue weighted by molar-refractivity contribution is 9.10. The molecular formula is C11H15BrN4O. The lowest BCUT2D eigenvalue weighted by molar-refractivity contribution is 0.218. The smallest absolute Gasteiger partial charge is 0.243 e. The van der Waals surface area contributed by atoms with Crippen LogP contribution in [0, 0.1) is 0 Å². The lowest BCUT2D eigenvalue weighted by atomic mass is 10.0. The van der Waals surface area contributed by atoms with Gasteiger partial charge < -0.3 is 10.4 Å². The van der Waals surface area contributed by atoms with Crippen LogP contribution in [0.3, 0.4) is 0 Å². The highest BCUT2D eigenvalue weighted by atomic mass is 79.9. The number of nitrogens with zero attached hydrogens (tertiary/aromatic N) is 3. The van der Waals surface area contributed by atoms with Gasteiger partial charge in [0.15, 0.2) is 5.65 Å². The molecule has 5 nitrogen and oxygen atoms in total. The standard InChI is InChI=1S/C11H15BrN4O/c1-3-11(2,7-17)14-10-13-9-8(12)5-4-6-16(9)15-10/h4-6,17H,3,7H2,1-2H3,(H,14,15). The molecule has 0 aliphatic carbocycles. The molecule has 1 atom stereocenters. The first-order valence-electron chi connectivity index (χ1n) is 5.48. The van der Waals surface area contributed by atoms with Crippen molar-refractivity contribution >= 4 is 27.5 Å². The lowest BCUT2D eigenvalue weighted by Gasteiger charge is -2.26. The van der Waals surface area contributed by atoms with Crippen LogP contribution in [0.25, 0.3) is 5.65 Å². The predicted molar refractivity (Wildman–Crippen MR) is 70.1 cm³/mol. The maximum absolute atomic E-state index is 9.34. The van der Waals surface area contributed by atoms with Gasteiger partial charge in [0.2, 0.25) is 5.95 Å². The van der Waals surface area contributed by atoms with E-state index in [1.165, 1.54) is 0 Å². The Bertz CT molecular complexity index is 521. The summed E-state index contributed by atoms with van der Waals surface area (Å²) in [4.78, 5) is 4.38. The molecule has 0 bridgehead atoms. The third kappa shape index (κ3) is 2.42. The largest absolute Gasteiger partial charge is 0.394 e. The van der Waals surface area contributed by atoms with E-state index in [0.717, 1.165) is 16.5 Å². The first-order valence-corrected chi connectivity index (χ1v) is 6.27. The number of rotatable bonds is 4. The molecule has 0 saturated heterocycles. The van der Waals surface area contributed by atoms with E-state index in [1.54, 1.807) is 4.52 Å². The monoisotopic (exact) mass is 298 g/mol. The van der Waals surface area contributed by atoms with Crippen molar-refractivity contribution in [1.29, 1.82) is 0 Å². The van der Waals surface area contributed by atoms with Crippen LogP contribution in [0.1, 0.15) is 20.3 Å². The Kier molecular flexibility index (Phi) is 3.35. The van der Waals surface area contributed by atoms with Crippen LogP contribution in [-0.4, -0.2) is 31.9 Å². The van der Waals surface area contributed by atoms with Gasteiger partial charge in [-0.2, -0.15) is 4.98 Å². The average Bonchev–Trinajstić information content (AvgIpc) is 2.73. The van der Waals surface area contributed by atoms with E-state index < -0.39 is 5.54 Å². The van der Waals surface area contributed by atoms with Gasteiger partial charge in [-0.15, -0.1) is 5.10 Å². The molecule has 2 rings (SSSR count). The van der Waals surface area contributed by atoms with Crippen LogP contribution in [0.4, 0.5) is 5.95 Å². The van der Waals surface area contributed by atoms with Crippen LogP contribution in [0.15, 0.2) is 22.8 Å². The summed E-state index contributed by atoms with van der Waals surface area (Å²) in [7, 11) is 0. The van der Waals surface area contributed by atoms with Crippen molar-refractivity contribution in [3.63, 3.8) is 0 Å². The summed E-state index contributed by atoms with van der Waals surface area (Å²) in [6.07, 6.45) is 2.63. The third-order valence-electron chi connectivity index (χ3n) is 2.86. The first kappa shape index (κ1) is 12.3. The van der Waals surface area contributed by atoms with E-state index in [-0.39, 0.29) is 6.61 Å². The SMILES string of the molecule is CCC(C)(CO)Nc1nc2c(Br)cccn2n1. The van der Waals surface area contributed by atoms with Crippen molar-refractivity contribution < 1.29 is 5.11 Å². The van der Waals surface area contributed by atoms with E-state index in [4.69, 9.17) is 0 Å². The van der Waals surface area contributed by atoms with Crippen LogP contribution in [-0.2, 0) is 0 Å². The molecule has 6 heteroatoms. The molecule has 0 fully saturated rings. The van der Waals surface area contributed by atoms with Crippen LogP contribution in [0.5, 0.6) is 0 Å². The Balaban J connectivity index is 2.34. The number of halogens is 1. The van der Waals surface area contributed by atoms with Crippen molar-refractivity contribution in [1.82, 2.24) is 14.6 Å². The van der Waals surface area contributed by atoms with Gasteiger partial charge in [0.05, 0.1) is 16.6 Å². The van der Waals surface area contributed by atoms with E-state index in [0.29, 0.717) is 5.95 Å². The summed E-state index contributed by atoms with van der Waals surface area (Å²) >= 11 is 3.42. The molecule has 0 radical (unpaired) electrons. The van der Waals surface area contributed by atoms with Crippen molar-refractivity contribution in [3.8, 4) is 0 Å². The van der Waals surface area contributed by atoms with E-state index in [2.05, 4.69) is 31.3 Å². The fraction of sp³-hybridized carbons (Fsp3) is 0.455. The van der Waals surface area contributed by atoms with Crippen LogP contribution < -0.4 is 5.32 Å². The van der Waals surface area contributed by atoms with Gasteiger partial charge in [0.1, 0.15) is 0 Å². The summed E-state index contributed by atoms with van der Waals surface area (Å²) < 4.78 is 2.59. The second-order valence-corrected chi connectivity index (χ2v) is 5.11. The van der Waals surface area contributed by atoms with Crippen molar-refractivity contribution in [3.05, 3.63) is 22.8 Å². The maximum atomic E-state index is 9.34. The molecule has 0 spiro atoms. The zero-order valence-electron chi connectivity index (χ0n) is 9.81. The average molecular weight is 299 g/mol. The second-order valence-electron chi connectivity index (χ2n) is 4.26. The minimum Gasteiger partial charge on any atom is -0.394 e. The van der Waals surface area contributed by atoms with Crippen molar-refractivity contribution in [2.24, 2.45) is 0 Å². The zero-order chi connectivity index (χ0) is 12.5. The molecule has 2 N–H and O–H groups in total. The summed E-state index contributed by atoms with van der Waals surface area (Å²) in [5, 5.41) is 16.8. The minimum absolute atomic E-state index is 0.0419. The molecule has 0 aliphatic rings. The molecule has 92 valence electrons. The first-order chi connectivity index (χ1) is 8.08. The molecule has 2 aromatic rings. The number of pyridine rings is 1. The molecule has 0 aromatic carbocycles. The minimum atomic E-state index is -0.391. The quantitative estimate of drug-likeness (QED) is 0.907. The highest BCUT2D eigenvalue weighted by Gasteiger charge is 2.22. The van der Waals surface area contributed by atoms with E-state index >= 15 is 0 Å². The Morgan fingerprint density at radius 2 is 2.35 bits per heavy atom. The number of aliphatic hydroxyl groups is 1. The number of anilines is 1. The van der Waals surface area contributed by atoms with Gasteiger partial charge >= 0.3 is 0 Å². The predicted octanol–water partition coefficient (Wildman–Crippen LogP) is 2.06. The van der Waals surface area contributed by atoms with Gasteiger partial charge in [0, 0.05) is 6.20 Å². The number of hydrogen-bond acceptors (Lipinski definition) is 4. The van der Waals surface area contributed by atoms with Gasteiger partial charge in [-0.1, -0.05) is 6.92 Å². The summed E-state index contributed by atoms with van der Waals surface area (Å²) in [5.41, 5.74) is 0.364. The fourth-order valence-corrected chi connectivity index (χ4v) is 1.86. The second kappa shape index (κ2) is 4.62. The van der Waals surface area contributed by atoms with Crippen molar-refractivity contribution in [2.45, 2.75) is 25.8 Å². The number of aliphatic hydroxyl groups excluding tert-OH is 1. The number of aromatic nitrogens is 3. The van der Waals surface area contributed by atoms with E-state index in [1.807, 2.05) is 32.2 Å². The molecule has 17 heavy (non-hydrogen) atoms. The Morgan fingerprint density at radius 1 is 1.59 bits per heavy atom. The van der Waals surface area contributed by atoms with Crippen molar-refractivity contribution in [2.75, 3.05) is 11.9 Å². The van der Waals surface area contributed by atoms with Crippen LogP contribution in [0.2, 0.25) is 0 Å². The number of fused-ring (bicyclic) bond motifs is 1. The Hall–Kier alpha value is -1.14. The van der Waals surface area contributed by atoms with Gasteiger partial charge in [-0.25, -0.2) is 4.52 Å². The van der Waals surface area contributed by atoms with Gasteiger partial charge in [-0.05, 0) is 41.4 Å². The van der Waals surface area contributed by atoms with Gasteiger partial charge in [-0.3, -0.25) is 0 Å². The molecule has 2 aromatic heterocycles. The molecule has 0 aliphatic heterocycles. The number of hydrogen-bond donors (Lipinski definition) is 2. The summed E-state index contributed by atoms with van der Waals surface area (Å²) in [6, 6.07) is 3.81. The third-order valence-corrected chi connectivity index (χ3v) is 3.48. The Labute approximate surface area is 108 Å². The Morgan fingerprint density at radius 3 is 2.94 bits per heavy atom. The summed E-state index contributed by atoms with van der Waals surface area (Å²) in [6.45, 7) is 3.99. The molecular weight excluding hydrogens is 284 g/mol. The fourth-order valence-electron chi connectivity index (χ4n) is 1.44. The topological polar surface area (TPSA) is 62.5 Å². The summed E-state index contributed by atoms with van der Waals surface area (Å²) in [5.74, 6) is 0.523. The molecule has 2 heterocycles. The molecule has 0 saturated carbocycles. The number of nitrogens with one attached hydrogen (secondary N) is 1. The van der Waals surface area contributed by atoms with Crippen LogP contribution >= 0.6 is 15.9 Å². The van der Waals surface area contributed by atoms with Gasteiger partial charge in [0.25, 0.3) is 0 Å². The zero-order valence-corrected chi connectivity index (χ0v) is 11.4. The highest BCUT2D eigenvalue weighted by Crippen LogP contribution is 2.19. The molecule has 0 amide bonds. The normalized spacial score (nSPS) is 14.8. The molecule has 1 unspecified atom stereocenters. The van der Waals surface area contributed by atoms with E-state index in [9.17, 15) is 5.11 Å². The lowest BCUT2D eigenvalue weighted by Crippen LogP contribution is -2.38. The maximum Gasteiger partial charge on any atom is 0.243 e.